The molecule has 5 nitrogen and oxygen atoms in total. The van der Waals surface area contributed by atoms with Gasteiger partial charge in [-0.2, -0.15) is 0 Å². The third-order valence-electron chi connectivity index (χ3n) is 3.61. The molecule has 0 unspecified atom stereocenters. The van der Waals surface area contributed by atoms with Crippen LogP contribution in [0.4, 0.5) is 5.69 Å². The standard InChI is InChI=1S/C14H22N2O3S2/c1-16(13-5-7-19-8-6-13)21(17,18)10-9-20-14-4-2-3-12(15)11-14/h2-4,11,13H,5-10,15H2,1H3. The maximum atomic E-state index is 12.3. The van der Waals surface area contributed by atoms with Gasteiger partial charge in [0.1, 0.15) is 0 Å². The van der Waals surface area contributed by atoms with Crippen LogP contribution >= 0.6 is 11.8 Å². The minimum absolute atomic E-state index is 0.0705. The fourth-order valence-corrected chi connectivity index (χ4v) is 5.05. The van der Waals surface area contributed by atoms with Crippen molar-refractivity contribution in [2.75, 3.05) is 37.5 Å². The van der Waals surface area contributed by atoms with Crippen molar-refractivity contribution in [3.05, 3.63) is 24.3 Å². The van der Waals surface area contributed by atoms with E-state index in [1.54, 1.807) is 7.05 Å². The van der Waals surface area contributed by atoms with Crippen LogP contribution in [0.1, 0.15) is 12.8 Å². The number of hydrogen-bond donors (Lipinski definition) is 1. The summed E-state index contributed by atoms with van der Waals surface area (Å²) in [5, 5.41) is 0. The highest BCUT2D eigenvalue weighted by Crippen LogP contribution is 2.22. The Morgan fingerprint density at radius 2 is 2.10 bits per heavy atom. The van der Waals surface area contributed by atoms with Crippen LogP contribution in [-0.4, -0.2) is 50.5 Å². The Labute approximate surface area is 130 Å². The second kappa shape index (κ2) is 7.49. The van der Waals surface area contributed by atoms with Crippen LogP contribution < -0.4 is 5.73 Å². The van der Waals surface area contributed by atoms with Gasteiger partial charge in [-0.25, -0.2) is 12.7 Å². The fraction of sp³-hybridized carbons (Fsp3) is 0.571. The lowest BCUT2D eigenvalue weighted by Gasteiger charge is -2.30. The quantitative estimate of drug-likeness (QED) is 0.636. The predicted molar refractivity (Wildman–Crippen MR) is 87.0 cm³/mol. The number of rotatable bonds is 6. The lowest BCUT2D eigenvalue weighted by atomic mass is 10.1. The van der Waals surface area contributed by atoms with Gasteiger partial charge in [0.05, 0.1) is 5.75 Å². The zero-order chi connectivity index (χ0) is 15.3. The number of nitrogen functional groups attached to an aromatic ring is 1. The molecule has 0 bridgehead atoms. The number of ether oxygens (including phenoxy) is 1. The van der Waals surface area contributed by atoms with Gasteiger partial charge in [0, 0.05) is 42.6 Å². The van der Waals surface area contributed by atoms with Crippen LogP contribution in [0.15, 0.2) is 29.2 Å². The Bertz CT molecular complexity index is 557. The highest BCUT2D eigenvalue weighted by atomic mass is 32.2. The molecule has 2 N–H and O–H groups in total. The van der Waals surface area contributed by atoms with E-state index in [0.29, 0.717) is 24.7 Å². The number of anilines is 1. The van der Waals surface area contributed by atoms with Crippen molar-refractivity contribution in [3.8, 4) is 0 Å². The van der Waals surface area contributed by atoms with Crippen molar-refractivity contribution in [3.63, 3.8) is 0 Å². The zero-order valence-electron chi connectivity index (χ0n) is 12.2. The topological polar surface area (TPSA) is 72.6 Å². The van der Waals surface area contributed by atoms with Crippen molar-refractivity contribution in [2.24, 2.45) is 0 Å². The van der Waals surface area contributed by atoms with Gasteiger partial charge in [-0.05, 0) is 31.0 Å². The number of benzene rings is 1. The second-order valence-corrected chi connectivity index (χ2v) is 8.41. The van der Waals surface area contributed by atoms with E-state index >= 15 is 0 Å². The maximum Gasteiger partial charge on any atom is 0.214 e. The molecule has 1 fully saturated rings. The van der Waals surface area contributed by atoms with E-state index in [4.69, 9.17) is 10.5 Å². The molecule has 1 aliphatic rings. The monoisotopic (exact) mass is 330 g/mol. The van der Waals surface area contributed by atoms with E-state index in [1.165, 1.54) is 16.1 Å². The summed E-state index contributed by atoms with van der Waals surface area (Å²) < 4.78 is 31.5. The summed E-state index contributed by atoms with van der Waals surface area (Å²) in [6, 6.07) is 7.57. The highest BCUT2D eigenvalue weighted by molar-refractivity contribution is 8.00. The van der Waals surface area contributed by atoms with Crippen molar-refractivity contribution < 1.29 is 13.2 Å². The third kappa shape index (κ3) is 4.88. The Morgan fingerprint density at radius 1 is 1.38 bits per heavy atom. The van der Waals surface area contributed by atoms with E-state index in [1.807, 2.05) is 24.3 Å². The highest BCUT2D eigenvalue weighted by Gasteiger charge is 2.27. The van der Waals surface area contributed by atoms with Gasteiger partial charge >= 0.3 is 0 Å². The molecule has 0 aromatic heterocycles. The summed E-state index contributed by atoms with van der Waals surface area (Å²) in [5.74, 6) is 0.666. The molecule has 1 aromatic carbocycles. The average molecular weight is 330 g/mol. The molecule has 0 radical (unpaired) electrons. The molecular weight excluding hydrogens is 308 g/mol. The number of nitrogens with zero attached hydrogens (tertiary/aromatic N) is 1. The molecule has 21 heavy (non-hydrogen) atoms. The first kappa shape index (κ1) is 16.6. The minimum atomic E-state index is -3.21. The Hall–Kier alpha value is -0.760. The van der Waals surface area contributed by atoms with Gasteiger partial charge in [0.25, 0.3) is 0 Å². The van der Waals surface area contributed by atoms with Gasteiger partial charge in [-0.1, -0.05) is 6.07 Å². The van der Waals surface area contributed by atoms with Crippen LogP contribution in [0.25, 0.3) is 0 Å². The van der Waals surface area contributed by atoms with E-state index in [-0.39, 0.29) is 11.8 Å². The summed E-state index contributed by atoms with van der Waals surface area (Å²) in [6.07, 6.45) is 1.55. The van der Waals surface area contributed by atoms with Crippen molar-refractivity contribution in [1.29, 1.82) is 0 Å². The molecular formula is C14H22N2O3S2. The van der Waals surface area contributed by atoms with Crippen LogP contribution in [-0.2, 0) is 14.8 Å². The summed E-state index contributed by atoms with van der Waals surface area (Å²) in [7, 11) is -1.54. The van der Waals surface area contributed by atoms with E-state index in [0.717, 1.165) is 17.7 Å². The zero-order valence-corrected chi connectivity index (χ0v) is 13.8. The lowest BCUT2D eigenvalue weighted by Crippen LogP contribution is -2.42. The smallest absolute Gasteiger partial charge is 0.214 e. The molecule has 0 spiro atoms. The van der Waals surface area contributed by atoms with E-state index in [9.17, 15) is 8.42 Å². The molecule has 0 amide bonds. The van der Waals surface area contributed by atoms with Crippen molar-refractivity contribution >= 4 is 27.5 Å². The van der Waals surface area contributed by atoms with Gasteiger partial charge < -0.3 is 10.5 Å². The average Bonchev–Trinajstić information content (AvgIpc) is 2.47. The molecule has 1 saturated heterocycles. The molecule has 0 atom stereocenters. The molecule has 0 saturated carbocycles. The summed E-state index contributed by atoms with van der Waals surface area (Å²) >= 11 is 1.51. The molecule has 7 heteroatoms. The number of sulfonamides is 1. The first-order chi connectivity index (χ1) is 9.99. The first-order valence-corrected chi connectivity index (χ1v) is 9.60. The predicted octanol–water partition coefficient (Wildman–Crippen LogP) is 1.80. The molecule has 118 valence electrons. The Morgan fingerprint density at radius 3 is 2.76 bits per heavy atom. The summed E-state index contributed by atoms with van der Waals surface area (Å²) in [4.78, 5) is 0.999. The minimum Gasteiger partial charge on any atom is -0.399 e. The Kier molecular flexibility index (Phi) is 5.92. The molecule has 0 aliphatic carbocycles. The van der Waals surface area contributed by atoms with Crippen LogP contribution in [0.5, 0.6) is 0 Å². The van der Waals surface area contributed by atoms with Crippen molar-refractivity contribution in [2.45, 2.75) is 23.8 Å². The largest absolute Gasteiger partial charge is 0.399 e. The van der Waals surface area contributed by atoms with Gasteiger partial charge in [0.15, 0.2) is 0 Å². The normalized spacial score (nSPS) is 17.2. The third-order valence-corrected chi connectivity index (χ3v) is 6.76. The number of hydrogen-bond acceptors (Lipinski definition) is 5. The Balaban J connectivity index is 1.85. The van der Waals surface area contributed by atoms with Crippen LogP contribution in [0.2, 0.25) is 0 Å². The molecule has 2 rings (SSSR count). The van der Waals surface area contributed by atoms with Crippen LogP contribution in [0.3, 0.4) is 0 Å². The summed E-state index contributed by atoms with van der Waals surface area (Å²) in [5.41, 5.74) is 6.41. The van der Waals surface area contributed by atoms with Crippen LogP contribution in [0, 0.1) is 0 Å². The lowest BCUT2D eigenvalue weighted by molar-refractivity contribution is 0.0632. The first-order valence-electron chi connectivity index (χ1n) is 7.01. The molecule has 1 aliphatic heterocycles. The van der Waals surface area contributed by atoms with Gasteiger partial charge in [-0.3, -0.25) is 0 Å². The van der Waals surface area contributed by atoms with E-state index < -0.39 is 10.0 Å². The SMILES string of the molecule is CN(C1CCOCC1)S(=O)(=O)CCSc1cccc(N)c1. The molecule has 1 heterocycles. The number of thioether (sulfide) groups is 1. The van der Waals surface area contributed by atoms with Crippen molar-refractivity contribution in [1.82, 2.24) is 4.31 Å². The number of nitrogens with two attached hydrogens (primary N) is 1. The van der Waals surface area contributed by atoms with Gasteiger partial charge in [0.2, 0.25) is 10.0 Å². The van der Waals surface area contributed by atoms with Gasteiger partial charge in [-0.15, -0.1) is 11.8 Å². The molecule has 1 aromatic rings. The maximum absolute atomic E-state index is 12.3. The fourth-order valence-electron chi connectivity index (χ4n) is 2.29. The summed E-state index contributed by atoms with van der Waals surface area (Å²) in [6.45, 7) is 1.28. The second-order valence-electron chi connectivity index (χ2n) is 5.10. The van der Waals surface area contributed by atoms with E-state index in [2.05, 4.69) is 0 Å².